The molecule has 1 aliphatic rings. The van der Waals surface area contributed by atoms with E-state index in [1.165, 1.54) is 37.3 Å². The third-order valence-corrected chi connectivity index (χ3v) is 5.57. The minimum Gasteiger partial charge on any atom is -0.325 e. The highest BCUT2D eigenvalue weighted by atomic mass is 32.2. The molecule has 27 heavy (non-hydrogen) atoms. The van der Waals surface area contributed by atoms with E-state index in [0.717, 1.165) is 11.6 Å². The highest BCUT2D eigenvalue weighted by Gasteiger charge is 2.25. The maximum Gasteiger partial charge on any atom is 0.241 e. The van der Waals surface area contributed by atoms with Gasteiger partial charge in [0.2, 0.25) is 21.8 Å². The molecule has 0 saturated heterocycles. The number of benzene rings is 2. The van der Waals surface area contributed by atoms with Gasteiger partial charge >= 0.3 is 0 Å². The zero-order valence-electron chi connectivity index (χ0n) is 14.5. The van der Waals surface area contributed by atoms with Crippen molar-refractivity contribution in [1.82, 2.24) is 4.72 Å². The zero-order chi connectivity index (χ0) is 19.6. The molecule has 7 nitrogen and oxygen atoms in total. The minimum atomic E-state index is -3.90. The van der Waals surface area contributed by atoms with Crippen LogP contribution in [0, 0.1) is 5.82 Å². The SMILES string of the molecule is CC(=O)N1CCc2cc(S(=O)(=O)NCC(=O)Nc3cccc(F)c3)ccc21. The average molecular weight is 391 g/mol. The second-order valence-electron chi connectivity index (χ2n) is 6.09. The molecular weight excluding hydrogens is 373 g/mol. The van der Waals surface area contributed by atoms with Crippen LogP contribution < -0.4 is 14.9 Å². The maximum absolute atomic E-state index is 13.1. The number of carbonyl (C=O) groups is 2. The fraction of sp³-hybridized carbons (Fsp3) is 0.222. The summed E-state index contributed by atoms with van der Waals surface area (Å²) in [6.45, 7) is 1.48. The Bertz CT molecular complexity index is 1010. The number of amides is 2. The van der Waals surface area contributed by atoms with E-state index in [9.17, 15) is 22.4 Å². The normalized spacial score (nSPS) is 13.3. The van der Waals surface area contributed by atoms with Gasteiger partial charge in [0.15, 0.2) is 0 Å². The first-order chi connectivity index (χ1) is 12.8. The Morgan fingerprint density at radius 1 is 1.19 bits per heavy atom. The van der Waals surface area contributed by atoms with Gasteiger partial charge in [0.1, 0.15) is 5.82 Å². The molecule has 0 radical (unpaired) electrons. The summed E-state index contributed by atoms with van der Waals surface area (Å²) in [5.41, 5.74) is 1.70. The van der Waals surface area contributed by atoms with Gasteiger partial charge in [-0.1, -0.05) is 6.07 Å². The smallest absolute Gasteiger partial charge is 0.241 e. The van der Waals surface area contributed by atoms with Crippen LogP contribution in [0.4, 0.5) is 15.8 Å². The maximum atomic E-state index is 13.1. The summed E-state index contributed by atoms with van der Waals surface area (Å²) in [4.78, 5) is 25.1. The number of sulfonamides is 1. The molecule has 0 aromatic heterocycles. The predicted molar refractivity (Wildman–Crippen MR) is 98.4 cm³/mol. The van der Waals surface area contributed by atoms with Gasteiger partial charge in [-0.05, 0) is 48.4 Å². The number of hydrogen-bond donors (Lipinski definition) is 2. The predicted octanol–water partition coefficient (Wildman–Crippen LogP) is 1.65. The van der Waals surface area contributed by atoms with Crippen molar-refractivity contribution < 1.29 is 22.4 Å². The summed E-state index contributed by atoms with van der Waals surface area (Å²) >= 11 is 0. The van der Waals surface area contributed by atoms with E-state index < -0.39 is 28.3 Å². The summed E-state index contributed by atoms with van der Waals surface area (Å²) < 4.78 is 40.2. The second kappa shape index (κ2) is 7.45. The highest BCUT2D eigenvalue weighted by molar-refractivity contribution is 7.89. The Labute approximate surface area is 156 Å². The second-order valence-corrected chi connectivity index (χ2v) is 7.86. The van der Waals surface area contributed by atoms with Crippen LogP contribution in [0.3, 0.4) is 0 Å². The van der Waals surface area contributed by atoms with Crippen LogP contribution in [0.1, 0.15) is 12.5 Å². The standard InChI is InChI=1S/C18H18FN3O4S/c1-12(23)22-8-7-13-9-16(5-6-17(13)22)27(25,26)20-11-18(24)21-15-4-2-3-14(19)10-15/h2-6,9-10,20H,7-8,11H2,1H3,(H,21,24). The zero-order valence-corrected chi connectivity index (χ0v) is 15.3. The van der Waals surface area contributed by atoms with E-state index in [1.807, 2.05) is 0 Å². The monoisotopic (exact) mass is 391 g/mol. The van der Waals surface area contributed by atoms with Gasteiger partial charge in [0, 0.05) is 24.8 Å². The summed E-state index contributed by atoms with van der Waals surface area (Å²) in [5.74, 6) is -1.23. The Morgan fingerprint density at radius 3 is 2.67 bits per heavy atom. The molecule has 0 spiro atoms. The van der Waals surface area contributed by atoms with Crippen LogP contribution in [0.2, 0.25) is 0 Å². The van der Waals surface area contributed by atoms with E-state index in [1.54, 1.807) is 11.0 Å². The van der Waals surface area contributed by atoms with Crippen LogP contribution in [0.25, 0.3) is 0 Å². The number of rotatable bonds is 5. The molecule has 0 bridgehead atoms. The summed E-state index contributed by atoms with van der Waals surface area (Å²) in [5, 5.41) is 2.42. The third-order valence-electron chi connectivity index (χ3n) is 4.17. The van der Waals surface area contributed by atoms with E-state index in [4.69, 9.17) is 0 Å². The van der Waals surface area contributed by atoms with Crippen LogP contribution in [-0.4, -0.2) is 33.3 Å². The fourth-order valence-electron chi connectivity index (χ4n) is 2.89. The lowest BCUT2D eigenvalue weighted by Gasteiger charge is -2.15. The molecule has 1 aliphatic heterocycles. The molecular formula is C18H18FN3O4S. The van der Waals surface area contributed by atoms with Crippen molar-refractivity contribution in [1.29, 1.82) is 0 Å². The first kappa shape index (κ1) is 19.0. The first-order valence-electron chi connectivity index (χ1n) is 8.22. The van der Waals surface area contributed by atoms with Crippen molar-refractivity contribution in [3.8, 4) is 0 Å². The van der Waals surface area contributed by atoms with Gasteiger partial charge in [0.05, 0.1) is 11.4 Å². The molecule has 2 N–H and O–H groups in total. The minimum absolute atomic E-state index is 0.0187. The van der Waals surface area contributed by atoms with Gasteiger partial charge < -0.3 is 10.2 Å². The number of carbonyl (C=O) groups excluding carboxylic acids is 2. The Morgan fingerprint density at radius 2 is 1.96 bits per heavy atom. The molecule has 2 amide bonds. The highest BCUT2D eigenvalue weighted by Crippen LogP contribution is 2.30. The number of nitrogens with one attached hydrogen (secondary N) is 2. The molecule has 0 atom stereocenters. The Hall–Kier alpha value is -2.78. The van der Waals surface area contributed by atoms with Crippen LogP contribution in [0.5, 0.6) is 0 Å². The van der Waals surface area contributed by atoms with Crippen molar-refractivity contribution >= 4 is 33.2 Å². The van der Waals surface area contributed by atoms with Gasteiger partial charge in [-0.3, -0.25) is 9.59 Å². The van der Waals surface area contributed by atoms with Crippen molar-refractivity contribution in [3.63, 3.8) is 0 Å². The van der Waals surface area contributed by atoms with Crippen LogP contribution in [-0.2, 0) is 26.0 Å². The molecule has 3 rings (SSSR count). The van der Waals surface area contributed by atoms with Crippen LogP contribution in [0.15, 0.2) is 47.4 Å². The molecule has 2 aromatic carbocycles. The quantitative estimate of drug-likeness (QED) is 0.810. The number of fused-ring (bicyclic) bond motifs is 1. The third kappa shape index (κ3) is 4.32. The number of nitrogens with zero attached hydrogens (tertiary/aromatic N) is 1. The average Bonchev–Trinajstić information content (AvgIpc) is 3.03. The van der Waals surface area contributed by atoms with Crippen molar-refractivity contribution in [3.05, 3.63) is 53.8 Å². The number of halogens is 1. The molecule has 0 aliphatic carbocycles. The lowest BCUT2D eigenvalue weighted by molar-refractivity contribution is -0.116. The fourth-order valence-corrected chi connectivity index (χ4v) is 3.92. The van der Waals surface area contributed by atoms with E-state index >= 15 is 0 Å². The first-order valence-corrected chi connectivity index (χ1v) is 9.71. The number of hydrogen-bond acceptors (Lipinski definition) is 4. The Kier molecular flexibility index (Phi) is 5.24. The summed E-state index contributed by atoms with van der Waals surface area (Å²) in [6.07, 6.45) is 0.568. The van der Waals surface area contributed by atoms with E-state index in [2.05, 4.69) is 10.0 Å². The molecule has 9 heteroatoms. The molecule has 142 valence electrons. The van der Waals surface area contributed by atoms with Gasteiger partial charge in [-0.2, -0.15) is 0 Å². The van der Waals surface area contributed by atoms with E-state index in [-0.39, 0.29) is 16.5 Å². The van der Waals surface area contributed by atoms with Crippen molar-refractivity contribution in [2.45, 2.75) is 18.2 Å². The molecule has 0 unspecified atom stereocenters. The summed E-state index contributed by atoms with van der Waals surface area (Å²) in [6, 6.07) is 9.79. The largest absolute Gasteiger partial charge is 0.325 e. The van der Waals surface area contributed by atoms with E-state index in [0.29, 0.717) is 18.7 Å². The molecule has 2 aromatic rings. The molecule has 0 fully saturated rings. The van der Waals surface area contributed by atoms with Gasteiger partial charge in [-0.15, -0.1) is 0 Å². The van der Waals surface area contributed by atoms with Crippen molar-refractivity contribution in [2.75, 3.05) is 23.3 Å². The van der Waals surface area contributed by atoms with Gasteiger partial charge in [-0.25, -0.2) is 17.5 Å². The Balaban J connectivity index is 1.67. The molecule has 0 saturated carbocycles. The number of anilines is 2. The van der Waals surface area contributed by atoms with Crippen LogP contribution >= 0.6 is 0 Å². The van der Waals surface area contributed by atoms with Crippen molar-refractivity contribution in [2.24, 2.45) is 0 Å². The lowest BCUT2D eigenvalue weighted by Crippen LogP contribution is -2.33. The van der Waals surface area contributed by atoms with Gasteiger partial charge in [0.25, 0.3) is 0 Å². The topological polar surface area (TPSA) is 95.6 Å². The molecule has 1 heterocycles. The lowest BCUT2D eigenvalue weighted by atomic mass is 10.2. The summed E-state index contributed by atoms with van der Waals surface area (Å²) in [7, 11) is -3.90.